The van der Waals surface area contributed by atoms with E-state index in [2.05, 4.69) is 36.1 Å². The van der Waals surface area contributed by atoms with E-state index in [9.17, 15) is 4.79 Å². The SMILES string of the molecule is COc1cccc([C@@H]2CC(c3cccc(C)c3)=NN2C(=O)CN2CCCC2)c1. The molecule has 0 N–H and O–H groups in total. The van der Waals surface area contributed by atoms with Crippen molar-refractivity contribution >= 4 is 11.6 Å². The molecule has 0 bridgehead atoms. The average molecular weight is 377 g/mol. The number of carbonyl (C=O) groups excluding carboxylic acids is 1. The second-order valence-corrected chi connectivity index (χ2v) is 7.63. The van der Waals surface area contributed by atoms with Crippen LogP contribution in [0, 0.1) is 6.92 Å². The van der Waals surface area contributed by atoms with Gasteiger partial charge in [-0.2, -0.15) is 5.10 Å². The van der Waals surface area contributed by atoms with Crippen LogP contribution in [-0.4, -0.2) is 48.3 Å². The fourth-order valence-corrected chi connectivity index (χ4v) is 4.05. The molecule has 4 rings (SSSR count). The van der Waals surface area contributed by atoms with Crippen LogP contribution in [0.1, 0.15) is 42.0 Å². The zero-order valence-corrected chi connectivity index (χ0v) is 16.6. The van der Waals surface area contributed by atoms with E-state index < -0.39 is 0 Å². The summed E-state index contributed by atoms with van der Waals surface area (Å²) in [5, 5.41) is 6.49. The molecule has 2 aliphatic rings. The molecule has 1 saturated heterocycles. The molecular formula is C23H27N3O2. The number of amides is 1. The molecule has 0 spiro atoms. The summed E-state index contributed by atoms with van der Waals surface area (Å²) < 4.78 is 5.40. The normalized spacial score (nSPS) is 19.7. The summed E-state index contributed by atoms with van der Waals surface area (Å²) in [5.74, 6) is 0.867. The minimum Gasteiger partial charge on any atom is -0.497 e. The lowest BCUT2D eigenvalue weighted by Crippen LogP contribution is -2.36. The molecule has 2 heterocycles. The minimum absolute atomic E-state index is 0.0670. The molecule has 2 aliphatic heterocycles. The highest BCUT2D eigenvalue weighted by molar-refractivity contribution is 6.03. The molecule has 5 nitrogen and oxygen atoms in total. The van der Waals surface area contributed by atoms with Crippen molar-refractivity contribution in [3.05, 3.63) is 65.2 Å². The number of nitrogens with zero attached hydrogens (tertiary/aromatic N) is 3. The van der Waals surface area contributed by atoms with E-state index in [-0.39, 0.29) is 11.9 Å². The molecule has 5 heteroatoms. The van der Waals surface area contributed by atoms with Crippen LogP contribution in [0.3, 0.4) is 0 Å². The maximum atomic E-state index is 13.1. The van der Waals surface area contributed by atoms with Gasteiger partial charge in [0.15, 0.2) is 0 Å². The molecule has 1 fully saturated rings. The molecule has 2 aromatic rings. The number of hydrogen-bond acceptors (Lipinski definition) is 4. The fraction of sp³-hybridized carbons (Fsp3) is 0.391. The standard InChI is InChI=1S/C23H27N3O2/c1-17-7-5-8-18(13-17)21-15-22(19-9-6-10-20(14-19)28-2)26(24-21)23(27)16-25-11-3-4-12-25/h5-10,13-14,22H,3-4,11-12,15-16H2,1-2H3/t22-/m0/s1. The molecule has 1 atom stereocenters. The van der Waals surface area contributed by atoms with Crippen LogP contribution in [0.25, 0.3) is 0 Å². The number of hydrogen-bond donors (Lipinski definition) is 0. The first kappa shape index (κ1) is 18.7. The highest BCUT2D eigenvalue weighted by atomic mass is 16.5. The fourth-order valence-electron chi connectivity index (χ4n) is 4.05. The molecule has 2 aromatic carbocycles. The maximum absolute atomic E-state index is 13.1. The van der Waals surface area contributed by atoms with E-state index >= 15 is 0 Å². The van der Waals surface area contributed by atoms with Gasteiger partial charge < -0.3 is 4.74 Å². The van der Waals surface area contributed by atoms with E-state index in [4.69, 9.17) is 9.84 Å². The number of likely N-dealkylation sites (tertiary alicyclic amines) is 1. The molecule has 0 aromatic heterocycles. The average Bonchev–Trinajstić information content (AvgIpc) is 3.38. The topological polar surface area (TPSA) is 45.1 Å². The first-order valence-corrected chi connectivity index (χ1v) is 9.97. The van der Waals surface area contributed by atoms with Crippen molar-refractivity contribution in [2.45, 2.75) is 32.2 Å². The predicted molar refractivity (Wildman–Crippen MR) is 111 cm³/mol. The van der Waals surface area contributed by atoms with Gasteiger partial charge in [0.1, 0.15) is 5.75 Å². The molecule has 28 heavy (non-hydrogen) atoms. The van der Waals surface area contributed by atoms with E-state index in [1.807, 2.05) is 24.3 Å². The second-order valence-electron chi connectivity index (χ2n) is 7.63. The van der Waals surface area contributed by atoms with Crippen molar-refractivity contribution < 1.29 is 9.53 Å². The van der Waals surface area contributed by atoms with Crippen LogP contribution >= 0.6 is 0 Å². The van der Waals surface area contributed by atoms with Crippen LogP contribution in [0.4, 0.5) is 0 Å². The summed E-state index contributed by atoms with van der Waals surface area (Å²) in [7, 11) is 1.67. The lowest BCUT2D eigenvalue weighted by molar-refractivity contribution is -0.134. The quantitative estimate of drug-likeness (QED) is 0.797. The van der Waals surface area contributed by atoms with Crippen molar-refractivity contribution in [3.8, 4) is 5.75 Å². The first-order valence-electron chi connectivity index (χ1n) is 9.97. The van der Waals surface area contributed by atoms with Gasteiger partial charge >= 0.3 is 0 Å². The maximum Gasteiger partial charge on any atom is 0.257 e. The van der Waals surface area contributed by atoms with Crippen LogP contribution in [0.2, 0.25) is 0 Å². The lowest BCUT2D eigenvalue weighted by atomic mass is 9.97. The van der Waals surface area contributed by atoms with Crippen LogP contribution in [0.15, 0.2) is 53.6 Å². The molecule has 0 unspecified atom stereocenters. The number of ether oxygens (including phenoxy) is 1. The number of benzene rings is 2. The van der Waals surface area contributed by atoms with Crippen LogP contribution in [-0.2, 0) is 4.79 Å². The Morgan fingerprint density at radius 1 is 1.14 bits per heavy atom. The van der Waals surface area contributed by atoms with Crippen molar-refractivity contribution in [3.63, 3.8) is 0 Å². The smallest absolute Gasteiger partial charge is 0.257 e. The Kier molecular flexibility index (Phi) is 5.44. The van der Waals surface area contributed by atoms with Gasteiger partial charge in [-0.15, -0.1) is 0 Å². The molecule has 0 radical (unpaired) electrons. The second kappa shape index (κ2) is 8.15. The Bertz CT molecular complexity index is 887. The molecular weight excluding hydrogens is 350 g/mol. The van der Waals surface area contributed by atoms with Gasteiger partial charge in [-0.25, -0.2) is 5.01 Å². The van der Waals surface area contributed by atoms with Gasteiger partial charge in [0.2, 0.25) is 0 Å². The van der Waals surface area contributed by atoms with E-state index in [0.717, 1.165) is 35.7 Å². The van der Waals surface area contributed by atoms with E-state index in [1.165, 1.54) is 18.4 Å². The highest BCUT2D eigenvalue weighted by Gasteiger charge is 2.34. The summed E-state index contributed by atoms with van der Waals surface area (Å²) in [6.07, 6.45) is 3.05. The van der Waals surface area contributed by atoms with Crippen molar-refractivity contribution in [2.24, 2.45) is 5.10 Å². The zero-order chi connectivity index (χ0) is 19.5. The monoisotopic (exact) mass is 377 g/mol. The Morgan fingerprint density at radius 3 is 2.68 bits per heavy atom. The van der Waals surface area contributed by atoms with E-state index in [0.29, 0.717) is 13.0 Å². The van der Waals surface area contributed by atoms with Gasteiger partial charge in [0.05, 0.1) is 25.4 Å². The van der Waals surface area contributed by atoms with Gasteiger partial charge in [0.25, 0.3) is 5.91 Å². The van der Waals surface area contributed by atoms with Gasteiger partial charge in [0, 0.05) is 6.42 Å². The third-order valence-corrected chi connectivity index (χ3v) is 5.55. The summed E-state index contributed by atoms with van der Waals surface area (Å²) in [6.45, 7) is 4.51. The van der Waals surface area contributed by atoms with Crippen molar-refractivity contribution in [2.75, 3.05) is 26.7 Å². The molecule has 0 saturated carbocycles. The van der Waals surface area contributed by atoms with Crippen molar-refractivity contribution in [1.82, 2.24) is 9.91 Å². The van der Waals surface area contributed by atoms with Gasteiger partial charge in [-0.1, -0.05) is 42.0 Å². The summed E-state index contributed by atoms with van der Waals surface area (Å²) in [5.41, 5.74) is 4.30. The molecule has 1 amide bonds. The summed E-state index contributed by atoms with van der Waals surface area (Å²) in [6, 6.07) is 16.2. The number of methoxy groups -OCH3 is 1. The molecule has 0 aliphatic carbocycles. The van der Waals surface area contributed by atoms with Crippen LogP contribution in [0.5, 0.6) is 5.75 Å². The minimum atomic E-state index is -0.0966. The number of hydrazone groups is 1. The van der Waals surface area contributed by atoms with Gasteiger partial charge in [-0.05, 0) is 56.1 Å². The zero-order valence-electron chi connectivity index (χ0n) is 16.6. The number of carbonyl (C=O) groups is 1. The Labute approximate surface area is 166 Å². The first-order chi connectivity index (χ1) is 13.6. The van der Waals surface area contributed by atoms with Crippen molar-refractivity contribution in [1.29, 1.82) is 0 Å². The largest absolute Gasteiger partial charge is 0.497 e. The number of aryl methyl sites for hydroxylation is 1. The third-order valence-electron chi connectivity index (χ3n) is 5.55. The summed E-state index contributed by atoms with van der Waals surface area (Å²) >= 11 is 0. The third kappa shape index (κ3) is 3.94. The number of rotatable bonds is 5. The summed E-state index contributed by atoms with van der Waals surface area (Å²) in [4.78, 5) is 15.4. The van der Waals surface area contributed by atoms with Gasteiger partial charge in [-0.3, -0.25) is 9.69 Å². The predicted octanol–water partition coefficient (Wildman–Crippen LogP) is 3.78. The van der Waals surface area contributed by atoms with E-state index in [1.54, 1.807) is 12.1 Å². The van der Waals surface area contributed by atoms with Crippen LogP contribution < -0.4 is 4.74 Å². The molecule has 146 valence electrons. The lowest BCUT2D eigenvalue weighted by Gasteiger charge is -2.24. The Balaban J connectivity index is 1.64. The Hall–Kier alpha value is -2.66. The highest BCUT2D eigenvalue weighted by Crippen LogP contribution is 2.34. The Morgan fingerprint density at radius 2 is 1.93 bits per heavy atom.